The first kappa shape index (κ1) is 22.9. The molecule has 1 aliphatic rings. The Kier molecular flexibility index (Phi) is 6.17. The molecule has 0 radical (unpaired) electrons. The smallest absolute Gasteiger partial charge is 0.228 e. The van der Waals surface area contributed by atoms with Gasteiger partial charge in [0, 0.05) is 37.8 Å². The molecule has 0 atom stereocenters. The van der Waals surface area contributed by atoms with Gasteiger partial charge in [0.25, 0.3) is 0 Å². The largest absolute Gasteiger partial charge is 0.497 e. The van der Waals surface area contributed by atoms with E-state index in [-0.39, 0.29) is 0 Å². The van der Waals surface area contributed by atoms with E-state index in [2.05, 4.69) is 23.6 Å². The van der Waals surface area contributed by atoms with Crippen LogP contribution in [-0.4, -0.2) is 71.1 Å². The number of nitrogen functional groups attached to an aromatic ring is 1. The van der Waals surface area contributed by atoms with Crippen LogP contribution >= 0.6 is 0 Å². The number of methoxy groups -OCH3 is 2. The van der Waals surface area contributed by atoms with Gasteiger partial charge in [-0.2, -0.15) is 4.98 Å². The molecule has 0 aliphatic carbocycles. The number of aromatic nitrogens is 4. The van der Waals surface area contributed by atoms with E-state index in [1.54, 1.807) is 18.9 Å². The summed E-state index contributed by atoms with van der Waals surface area (Å²) in [7, 11) is 3.30. The molecule has 0 amide bonds. The normalized spacial score (nSPS) is 14.6. The van der Waals surface area contributed by atoms with Crippen LogP contribution in [0.4, 0.5) is 11.8 Å². The van der Waals surface area contributed by atoms with Crippen molar-refractivity contribution in [1.82, 2.24) is 24.6 Å². The standard InChI is InChI=1S/C26H31N7O2/c1-17(2)31-12-14-32(15-13-31)26-28-23(18-6-5-7-21(16-18)35-4)22-24(27)33(30-25(22)29-26)19-8-10-20(34-3)11-9-19/h5-11,16-17H,12-15,27H2,1-4H3. The average Bonchev–Trinajstić information content (AvgIpc) is 3.24. The molecule has 0 unspecified atom stereocenters. The molecule has 0 spiro atoms. The van der Waals surface area contributed by atoms with Crippen molar-refractivity contribution in [2.24, 2.45) is 0 Å². The second-order valence-corrected chi connectivity index (χ2v) is 8.91. The summed E-state index contributed by atoms with van der Waals surface area (Å²) in [5.41, 5.74) is 9.70. The fourth-order valence-corrected chi connectivity index (χ4v) is 4.48. The molecule has 0 saturated carbocycles. The molecule has 5 rings (SSSR count). The van der Waals surface area contributed by atoms with Gasteiger partial charge in [-0.1, -0.05) is 12.1 Å². The first-order chi connectivity index (χ1) is 17.0. The lowest BCUT2D eigenvalue weighted by Gasteiger charge is -2.36. The van der Waals surface area contributed by atoms with Crippen LogP contribution in [0.2, 0.25) is 0 Å². The van der Waals surface area contributed by atoms with Crippen LogP contribution in [0.5, 0.6) is 11.5 Å². The van der Waals surface area contributed by atoms with Crippen LogP contribution < -0.4 is 20.1 Å². The number of benzene rings is 2. The van der Waals surface area contributed by atoms with E-state index in [1.807, 2.05) is 48.5 Å². The van der Waals surface area contributed by atoms with E-state index in [4.69, 9.17) is 30.3 Å². The van der Waals surface area contributed by atoms with Crippen molar-refractivity contribution in [3.05, 3.63) is 48.5 Å². The number of fused-ring (bicyclic) bond motifs is 1. The highest BCUT2D eigenvalue weighted by molar-refractivity contribution is 5.99. The summed E-state index contributed by atoms with van der Waals surface area (Å²) in [6.45, 7) is 8.11. The first-order valence-electron chi connectivity index (χ1n) is 11.8. The van der Waals surface area contributed by atoms with Crippen molar-refractivity contribution in [3.63, 3.8) is 0 Å². The van der Waals surface area contributed by atoms with E-state index in [0.717, 1.165) is 60.0 Å². The molecule has 3 heterocycles. The van der Waals surface area contributed by atoms with Gasteiger partial charge in [-0.15, -0.1) is 5.10 Å². The van der Waals surface area contributed by atoms with E-state index in [1.165, 1.54) is 0 Å². The number of nitrogens with zero attached hydrogens (tertiary/aromatic N) is 6. The molecule has 0 bridgehead atoms. The highest BCUT2D eigenvalue weighted by Gasteiger charge is 2.25. The third-order valence-electron chi connectivity index (χ3n) is 6.54. The Morgan fingerprint density at radius 1 is 0.886 bits per heavy atom. The second-order valence-electron chi connectivity index (χ2n) is 8.91. The molecule has 1 saturated heterocycles. The molecule has 2 N–H and O–H groups in total. The molecule has 2 aromatic heterocycles. The minimum atomic E-state index is 0.485. The van der Waals surface area contributed by atoms with Gasteiger partial charge >= 0.3 is 0 Å². The van der Waals surface area contributed by atoms with Gasteiger partial charge < -0.3 is 20.1 Å². The molecular formula is C26H31N7O2. The Hall–Kier alpha value is -3.85. The Labute approximate surface area is 205 Å². The number of hydrogen-bond acceptors (Lipinski definition) is 8. The number of hydrogen-bond donors (Lipinski definition) is 1. The molecule has 2 aromatic carbocycles. The lowest BCUT2D eigenvalue weighted by Crippen LogP contribution is -2.49. The third kappa shape index (κ3) is 4.35. The maximum atomic E-state index is 6.67. The lowest BCUT2D eigenvalue weighted by atomic mass is 10.1. The van der Waals surface area contributed by atoms with Crippen molar-refractivity contribution in [2.75, 3.05) is 51.0 Å². The van der Waals surface area contributed by atoms with Gasteiger partial charge in [0.05, 0.1) is 31.0 Å². The monoisotopic (exact) mass is 473 g/mol. The highest BCUT2D eigenvalue weighted by Crippen LogP contribution is 2.35. The molecular weight excluding hydrogens is 442 g/mol. The topological polar surface area (TPSA) is 94.6 Å². The molecule has 9 heteroatoms. The minimum Gasteiger partial charge on any atom is -0.497 e. The van der Waals surface area contributed by atoms with Crippen molar-refractivity contribution in [1.29, 1.82) is 0 Å². The quantitative estimate of drug-likeness (QED) is 0.454. The number of ether oxygens (including phenoxy) is 2. The molecule has 182 valence electrons. The Morgan fingerprint density at radius 2 is 1.60 bits per heavy atom. The summed E-state index contributed by atoms with van der Waals surface area (Å²) < 4.78 is 12.5. The summed E-state index contributed by atoms with van der Waals surface area (Å²) in [5.74, 6) is 2.67. The van der Waals surface area contributed by atoms with Crippen molar-refractivity contribution >= 4 is 22.8 Å². The lowest BCUT2D eigenvalue weighted by molar-refractivity contribution is 0.208. The molecule has 1 fully saturated rings. The fraction of sp³-hybridized carbons (Fsp3) is 0.346. The predicted molar refractivity (Wildman–Crippen MR) is 139 cm³/mol. The van der Waals surface area contributed by atoms with Crippen LogP contribution in [0, 0.1) is 0 Å². The summed E-state index contributed by atoms with van der Waals surface area (Å²) in [4.78, 5) is 14.6. The van der Waals surface area contributed by atoms with Crippen LogP contribution in [0.15, 0.2) is 48.5 Å². The number of piperazine rings is 1. The van der Waals surface area contributed by atoms with Crippen LogP contribution in [0.3, 0.4) is 0 Å². The minimum absolute atomic E-state index is 0.485. The molecule has 35 heavy (non-hydrogen) atoms. The van der Waals surface area contributed by atoms with Crippen LogP contribution in [0.1, 0.15) is 13.8 Å². The molecule has 9 nitrogen and oxygen atoms in total. The van der Waals surface area contributed by atoms with Gasteiger partial charge in [-0.3, -0.25) is 4.90 Å². The van der Waals surface area contributed by atoms with E-state index in [9.17, 15) is 0 Å². The van der Waals surface area contributed by atoms with Crippen molar-refractivity contribution < 1.29 is 9.47 Å². The molecule has 4 aromatic rings. The first-order valence-corrected chi connectivity index (χ1v) is 11.8. The van der Waals surface area contributed by atoms with E-state index in [0.29, 0.717) is 23.5 Å². The van der Waals surface area contributed by atoms with E-state index >= 15 is 0 Å². The zero-order valence-electron chi connectivity index (χ0n) is 20.6. The van der Waals surface area contributed by atoms with Gasteiger partial charge in [-0.05, 0) is 50.2 Å². The van der Waals surface area contributed by atoms with Gasteiger partial charge in [0.1, 0.15) is 17.3 Å². The molecule has 1 aliphatic heterocycles. The Bertz CT molecular complexity index is 1330. The maximum Gasteiger partial charge on any atom is 0.228 e. The zero-order valence-corrected chi connectivity index (χ0v) is 20.6. The average molecular weight is 474 g/mol. The van der Waals surface area contributed by atoms with Gasteiger partial charge in [0.15, 0.2) is 5.65 Å². The Morgan fingerprint density at radius 3 is 2.26 bits per heavy atom. The zero-order chi connectivity index (χ0) is 24.5. The summed E-state index contributed by atoms with van der Waals surface area (Å²) >= 11 is 0. The fourth-order valence-electron chi connectivity index (χ4n) is 4.48. The van der Waals surface area contributed by atoms with Crippen molar-refractivity contribution in [3.8, 4) is 28.4 Å². The van der Waals surface area contributed by atoms with Crippen LogP contribution in [-0.2, 0) is 0 Å². The Balaban J connectivity index is 1.64. The van der Waals surface area contributed by atoms with Gasteiger partial charge in [0.2, 0.25) is 5.95 Å². The maximum absolute atomic E-state index is 6.67. The summed E-state index contributed by atoms with van der Waals surface area (Å²) in [6.07, 6.45) is 0. The second kappa shape index (κ2) is 9.42. The number of nitrogens with two attached hydrogens (primary N) is 1. The van der Waals surface area contributed by atoms with Gasteiger partial charge in [-0.25, -0.2) is 9.67 Å². The van der Waals surface area contributed by atoms with E-state index < -0.39 is 0 Å². The third-order valence-corrected chi connectivity index (χ3v) is 6.54. The summed E-state index contributed by atoms with van der Waals surface area (Å²) in [6, 6.07) is 16.0. The highest BCUT2D eigenvalue weighted by atomic mass is 16.5. The number of anilines is 2. The SMILES string of the molecule is COc1ccc(-n2nc3nc(N4CCN(C(C)C)CC4)nc(-c4cccc(OC)c4)c3c2N)cc1. The predicted octanol–water partition coefficient (Wildman–Crippen LogP) is 3.61. The number of rotatable bonds is 6. The van der Waals surface area contributed by atoms with Crippen LogP contribution in [0.25, 0.3) is 28.0 Å². The van der Waals surface area contributed by atoms with Crippen molar-refractivity contribution in [2.45, 2.75) is 19.9 Å². The summed E-state index contributed by atoms with van der Waals surface area (Å²) in [5, 5.41) is 5.52.